The van der Waals surface area contributed by atoms with Gasteiger partial charge in [0.1, 0.15) is 30.0 Å². The van der Waals surface area contributed by atoms with Gasteiger partial charge in [0.15, 0.2) is 24.1 Å². The molecular weight excluding hydrogens is 730 g/mol. The Morgan fingerprint density at radius 3 is 2.23 bits per heavy atom. The Morgan fingerprint density at radius 1 is 0.893 bits per heavy atom. The Hall–Kier alpha value is -1.78. The highest BCUT2D eigenvalue weighted by atomic mass is 16.7. The summed E-state index contributed by atoms with van der Waals surface area (Å²) >= 11 is 0. The quantitative estimate of drug-likeness (QED) is 0.110. The third-order valence-corrected chi connectivity index (χ3v) is 14.8. The summed E-state index contributed by atoms with van der Waals surface area (Å²) in [7, 11) is 0. The minimum absolute atomic E-state index is 0.0149. The second-order valence-electron chi connectivity index (χ2n) is 18.0. The standard InChI is InChI=1S/C39H62N5O12/c1-37-9-7-17(45)11-16(37)3-4-18-19-8-10-39(52,38(19,2)14-24(47)28(18)37)27(48)6-5-25-30(49)29(44)31(50)36(53-25)56-34-21(42)12-20(41)33(32(34)51)55-35-22(43)13-23(46)26(15-40)54-35/h6-7,9,11,18-26,28-36,46-47,49-52H,3-5,8,10,12-15,40-44H2,1-2H3/t18?,19?,20-,21+,22+,23-,24-,25+,26+,28?,29-,30+,31+,32-,33+,34-,35+,36-,37-,38-,39-/m0/s1. The minimum atomic E-state index is -1.80. The second kappa shape index (κ2) is 15.7. The van der Waals surface area contributed by atoms with Crippen LogP contribution in [0, 0.1) is 35.0 Å². The molecule has 315 valence electrons. The number of ether oxygens (including phenoxy) is 4. The van der Waals surface area contributed by atoms with Crippen molar-refractivity contribution in [3.05, 3.63) is 30.2 Å². The lowest BCUT2D eigenvalue weighted by Gasteiger charge is -2.59. The Bertz CT molecular complexity index is 1550. The fraction of sp³-hybridized carbons (Fsp3) is 0.821. The van der Waals surface area contributed by atoms with Crippen LogP contribution in [0.4, 0.5) is 0 Å². The predicted molar refractivity (Wildman–Crippen MR) is 198 cm³/mol. The Balaban J connectivity index is 1.01. The highest BCUT2D eigenvalue weighted by Gasteiger charge is 2.68. The average Bonchev–Trinajstić information content (AvgIpc) is 3.42. The van der Waals surface area contributed by atoms with Crippen LogP contribution < -0.4 is 28.7 Å². The van der Waals surface area contributed by atoms with Crippen molar-refractivity contribution in [1.82, 2.24) is 0 Å². The van der Waals surface area contributed by atoms with Crippen molar-refractivity contribution in [1.29, 1.82) is 0 Å². The van der Waals surface area contributed by atoms with Gasteiger partial charge < -0.3 is 78.3 Å². The Labute approximate surface area is 326 Å². The first-order valence-electron chi connectivity index (χ1n) is 20.1. The molecule has 5 aliphatic carbocycles. The van der Waals surface area contributed by atoms with Crippen LogP contribution >= 0.6 is 0 Å². The van der Waals surface area contributed by atoms with Gasteiger partial charge in [0.25, 0.3) is 0 Å². The predicted octanol–water partition coefficient (Wildman–Crippen LogP) is -3.11. The van der Waals surface area contributed by atoms with Crippen molar-refractivity contribution in [2.75, 3.05) is 6.54 Å². The molecule has 0 spiro atoms. The topological polar surface area (TPSA) is 323 Å². The Kier molecular flexibility index (Phi) is 11.9. The molecule has 3 unspecified atom stereocenters. The number of nitrogens with two attached hydrogens (primary N) is 5. The molecule has 0 aromatic heterocycles. The number of aliphatic hydroxyl groups excluding tert-OH is 5. The molecule has 2 heterocycles. The van der Waals surface area contributed by atoms with E-state index >= 15 is 0 Å². The highest BCUT2D eigenvalue weighted by molar-refractivity contribution is 6.01. The molecule has 7 rings (SSSR count). The maximum absolute atomic E-state index is 14.1. The molecule has 0 bridgehead atoms. The minimum Gasteiger partial charge on any atom is -0.393 e. The van der Waals surface area contributed by atoms with Crippen LogP contribution in [0.3, 0.4) is 0 Å². The molecule has 0 amide bonds. The van der Waals surface area contributed by atoms with Crippen LogP contribution in [0.25, 0.3) is 0 Å². The first kappa shape index (κ1) is 42.3. The van der Waals surface area contributed by atoms with Crippen LogP contribution in [0.15, 0.2) is 23.8 Å². The summed E-state index contributed by atoms with van der Waals surface area (Å²) in [6.45, 7) is 3.96. The zero-order valence-corrected chi connectivity index (χ0v) is 32.1. The SMILES string of the molecule is C[C@]12C=CC(=O)C=C1CCC1C2[C@@H](O)C[C@@]2(C)C1CC[C@]2(O)C(=O)[CH]C[C@H]1O[C@@H](O[C@@H]2[C@@H](O)[C@H](O[C@H]3O[C@H](CN)[C@@H](O)C[C@H]3N)[C@@H](N)C[C@H]2N)[C@H](O)[C@@H](N)[C@@H]1O. The molecule has 2 saturated heterocycles. The van der Waals surface area contributed by atoms with E-state index in [4.69, 9.17) is 47.6 Å². The molecule has 7 aliphatic rings. The number of carbonyl (C=O) groups excluding carboxylic acids is 2. The van der Waals surface area contributed by atoms with Gasteiger partial charge in [0.05, 0.1) is 42.6 Å². The highest BCUT2D eigenvalue weighted by Crippen LogP contribution is 2.67. The van der Waals surface area contributed by atoms with Gasteiger partial charge in [-0.05, 0) is 75.4 Å². The molecule has 1 radical (unpaired) electrons. The number of aliphatic hydroxyl groups is 6. The maximum Gasteiger partial charge on any atom is 0.186 e. The summed E-state index contributed by atoms with van der Waals surface area (Å²) in [5, 5.41) is 67.8. The summed E-state index contributed by atoms with van der Waals surface area (Å²) in [4.78, 5) is 26.3. The molecule has 2 aliphatic heterocycles. The van der Waals surface area contributed by atoms with Gasteiger partial charge in [-0.15, -0.1) is 0 Å². The fourth-order valence-electron chi connectivity index (χ4n) is 11.6. The molecule has 16 N–H and O–H groups in total. The van der Waals surface area contributed by atoms with E-state index in [2.05, 4.69) is 6.92 Å². The van der Waals surface area contributed by atoms with Gasteiger partial charge in [0, 0.05) is 41.8 Å². The second-order valence-corrected chi connectivity index (χ2v) is 18.0. The molecule has 0 aromatic carbocycles. The molecule has 6 fully saturated rings. The van der Waals surface area contributed by atoms with Crippen LogP contribution in [0.2, 0.25) is 0 Å². The molecule has 21 atom stereocenters. The number of allylic oxidation sites excluding steroid dienone is 4. The number of Topliss-reactive ketones (excluding diaryl/α,β-unsaturated/α-hetero) is 1. The summed E-state index contributed by atoms with van der Waals surface area (Å²) in [6, 6.07) is -3.63. The zero-order chi connectivity index (χ0) is 40.6. The normalized spacial score (nSPS) is 53.2. The van der Waals surface area contributed by atoms with Gasteiger partial charge in [-0.2, -0.15) is 0 Å². The summed E-state index contributed by atoms with van der Waals surface area (Å²) < 4.78 is 23.9. The number of fused-ring (bicyclic) bond motifs is 5. The van der Waals surface area contributed by atoms with E-state index in [0.29, 0.717) is 12.8 Å². The molecular formula is C39H62N5O12. The molecule has 4 saturated carbocycles. The smallest absolute Gasteiger partial charge is 0.186 e. The average molecular weight is 793 g/mol. The lowest BCUT2D eigenvalue weighted by Crippen LogP contribution is -2.68. The van der Waals surface area contributed by atoms with Crippen LogP contribution in [0.1, 0.15) is 65.2 Å². The van der Waals surface area contributed by atoms with Gasteiger partial charge >= 0.3 is 0 Å². The van der Waals surface area contributed by atoms with Crippen molar-refractivity contribution < 1.29 is 59.2 Å². The van der Waals surface area contributed by atoms with Crippen LogP contribution in [0.5, 0.6) is 0 Å². The van der Waals surface area contributed by atoms with Gasteiger partial charge in [-0.3, -0.25) is 9.59 Å². The number of carbonyl (C=O) groups is 2. The van der Waals surface area contributed by atoms with E-state index < -0.39 is 114 Å². The summed E-state index contributed by atoms with van der Waals surface area (Å²) in [5.41, 5.74) is 28.7. The number of ketones is 2. The van der Waals surface area contributed by atoms with Gasteiger partial charge in [-0.25, -0.2) is 0 Å². The van der Waals surface area contributed by atoms with Crippen molar-refractivity contribution in [2.45, 2.75) is 162 Å². The largest absolute Gasteiger partial charge is 0.393 e. The molecule has 0 aromatic rings. The fourth-order valence-corrected chi connectivity index (χ4v) is 11.6. The first-order valence-corrected chi connectivity index (χ1v) is 20.1. The van der Waals surface area contributed by atoms with E-state index in [1.165, 1.54) is 6.42 Å². The monoisotopic (exact) mass is 792 g/mol. The summed E-state index contributed by atoms with van der Waals surface area (Å²) in [5.74, 6) is -0.803. The van der Waals surface area contributed by atoms with E-state index in [1.807, 2.05) is 13.0 Å². The van der Waals surface area contributed by atoms with Crippen molar-refractivity contribution in [2.24, 2.45) is 57.3 Å². The van der Waals surface area contributed by atoms with Crippen LogP contribution in [-0.2, 0) is 28.5 Å². The molecule has 17 heteroatoms. The number of hydrogen-bond acceptors (Lipinski definition) is 17. The first-order chi connectivity index (χ1) is 26.3. The molecule has 56 heavy (non-hydrogen) atoms. The van der Waals surface area contributed by atoms with E-state index in [9.17, 15) is 40.2 Å². The van der Waals surface area contributed by atoms with Crippen LogP contribution in [-0.4, -0.2) is 146 Å². The third kappa shape index (κ3) is 6.97. The molecule has 17 nitrogen and oxygen atoms in total. The van der Waals surface area contributed by atoms with Gasteiger partial charge in [-0.1, -0.05) is 25.5 Å². The number of rotatable bonds is 9. The Morgan fingerprint density at radius 2 is 1.55 bits per heavy atom. The third-order valence-electron chi connectivity index (χ3n) is 14.8. The lowest BCUT2D eigenvalue weighted by molar-refractivity contribution is -0.312. The lowest BCUT2D eigenvalue weighted by atomic mass is 9.46. The van der Waals surface area contributed by atoms with Crippen molar-refractivity contribution in [3.8, 4) is 0 Å². The van der Waals surface area contributed by atoms with Crippen molar-refractivity contribution >= 4 is 11.6 Å². The summed E-state index contributed by atoms with van der Waals surface area (Å²) in [6.07, 6.45) is -3.94. The zero-order valence-electron chi connectivity index (χ0n) is 32.1. The van der Waals surface area contributed by atoms with Gasteiger partial charge in [0.2, 0.25) is 0 Å². The number of hydrogen-bond donors (Lipinski definition) is 11. The van der Waals surface area contributed by atoms with E-state index in [0.717, 1.165) is 12.0 Å². The maximum atomic E-state index is 14.1. The van der Waals surface area contributed by atoms with Crippen molar-refractivity contribution in [3.63, 3.8) is 0 Å². The van der Waals surface area contributed by atoms with E-state index in [1.54, 1.807) is 12.2 Å². The van der Waals surface area contributed by atoms with E-state index in [-0.39, 0.29) is 62.2 Å².